The van der Waals surface area contributed by atoms with Crippen LogP contribution in [0, 0.1) is 0 Å². The summed E-state index contributed by atoms with van der Waals surface area (Å²) < 4.78 is 0. The summed E-state index contributed by atoms with van der Waals surface area (Å²) in [5.41, 5.74) is 0. The molecule has 0 fully saturated rings. The average molecular weight is 111 g/mol. The van der Waals surface area contributed by atoms with Gasteiger partial charge < -0.3 is 5.48 Å². The van der Waals surface area contributed by atoms with Crippen molar-refractivity contribution in [3.05, 3.63) is 0 Å². The van der Waals surface area contributed by atoms with E-state index in [1.165, 1.54) is 0 Å². The zero-order chi connectivity index (χ0) is 0. The normalized spacial score (nSPS) is 0. The Balaban J connectivity index is 0. The van der Waals surface area contributed by atoms with E-state index in [4.69, 9.17) is 0 Å². The first-order chi connectivity index (χ1) is 0. The van der Waals surface area contributed by atoms with E-state index in [9.17, 15) is 0 Å². The molecule has 0 aliphatic rings. The van der Waals surface area contributed by atoms with E-state index in [2.05, 4.69) is 0 Å². The van der Waals surface area contributed by atoms with Crippen molar-refractivity contribution < 1.29 is 22.3 Å². The van der Waals surface area contributed by atoms with Crippen molar-refractivity contribution in [2.45, 2.75) is 0 Å². The van der Waals surface area contributed by atoms with Gasteiger partial charge >= 0.3 is 41.9 Å². The van der Waals surface area contributed by atoms with E-state index in [1.807, 2.05) is 0 Å². The first-order valence-corrected chi connectivity index (χ1v) is 0. The van der Waals surface area contributed by atoms with Crippen molar-refractivity contribution in [3.63, 3.8) is 0 Å². The molecule has 0 aromatic rings. The molecule has 0 saturated carbocycles. The van der Waals surface area contributed by atoms with Crippen molar-refractivity contribution in [1.29, 1.82) is 0 Å². The van der Waals surface area contributed by atoms with Gasteiger partial charge in [-0.25, -0.2) is 0 Å². The van der Waals surface area contributed by atoms with E-state index in [-0.39, 0.29) is 64.2 Å². The van der Waals surface area contributed by atoms with E-state index >= 15 is 0 Å². The largest absolute Gasteiger partial charge is 0.316 e. The topological polar surface area (TPSA) is 31.5 Å². The smallest absolute Gasteiger partial charge is 0.316 e. The van der Waals surface area contributed by atoms with Crippen molar-refractivity contribution in [1.82, 2.24) is 0 Å². The van der Waals surface area contributed by atoms with Gasteiger partial charge in [-0.15, -0.1) is 0 Å². The van der Waals surface area contributed by atoms with Gasteiger partial charge in [-0.1, -0.05) is 0 Å². The third kappa shape index (κ3) is 9.16. The van der Waals surface area contributed by atoms with Gasteiger partial charge in [-0.05, 0) is 0 Å². The summed E-state index contributed by atoms with van der Waals surface area (Å²) in [6.45, 7) is 0. The summed E-state index contributed by atoms with van der Waals surface area (Å²) in [6.07, 6.45) is 0. The Morgan fingerprint density at radius 1 is 1.00 bits per heavy atom. The fourth-order valence-electron chi connectivity index (χ4n) is 0. The average Bonchev–Trinajstić information content (AvgIpc) is 0. The molecule has 0 aliphatic carbocycles. The molecule has 0 aromatic carbocycles. The van der Waals surface area contributed by atoms with E-state index in [0.29, 0.717) is 0 Å². The van der Waals surface area contributed by atoms with Crippen LogP contribution in [0.25, 0.3) is 0 Å². The van der Waals surface area contributed by atoms with Gasteiger partial charge in [0.1, 0.15) is 0 Å². The molecule has 0 saturated heterocycles. The minimum absolute atomic E-state index is 0. The second-order valence-corrected chi connectivity index (χ2v) is 0. The molecule has 0 atom stereocenters. The van der Waals surface area contributed by atoms with Gasteiger partial charge in [-0.3, -0.25) is 0 Å². The molecular formula is H5CoLiMgO. The summed E-state index contributed by atoms with van der Waals surface area (Å²) in [5, 5.41) is 0. The maximum Gasteiger partial charge on any atom is 0.316 e. The molecule has 0 bridgehead atoms. The molecule has 0 spiro atoms. The number of hydrogen-bond acceptors (Lipinski definition) is 0. The molecule has 1 nitrogen and oxygen atoms in total. The number of hydrogen-bond donors (Lipinski definition) is 0. The SMILES string of the molecule is O.[Co].[LiH].[MgH2]. The Hall–Kier alpha value is 1.83. The van der Waals surface area contributed by atoms with Crippen molar-refractivity contribution in [2.24, 2.45) is 0 Å². The molecule has 0 aromatic heterocycles. The predicted molar refractivity (Wildman–Crippen MR) is 19.3 cm³/mol. The van der Waals surface area contributed by atoms with E-state index in [0.717, 1.165) is 0 Å². The van der Waals surface area contributed by atoms with Gasteiger partial charge in [-0.2, -0.15) is 0 Å². The van der Waals surface area contributed by atoms with Gasteiger partial charge in [0.2, 0.25) is 0 Å². The predicted octanol–water partition coefficient (Wildman–Crippen LogP) is -2.39. The summed E-state index contributed by atoms with van der Waals surface area (Å²) in [7, 11) is 0. The third-order valence-corrected chi connectivity index (χ3v) is 0. The van der Waals surface area contributed by atoms with Crippen LogP contribution in [0.15, 0.2) is 0 Å². The molecule has 2 N–H and O–H groups in total. The van der Waals surface area contributed by atoms with Crippen molar-refractivity contribution in [3.8, 4) is 0 Å². The van der Waals surface area contributed by atoms with E-state index < -0.39 is 0 Å². The van der Waals surface area contributed by atoms with Crippen LogP contribution in [0.5, 0.6) is 0 Å². The Morgan fingerprint density at radius 3 is 1.00 bits per heavy atom. The van der Waals surface area contributed by atoms with Crippen molar-refractivity contribution >= 4 is 41.9 Å². The second-order valence-electron chi connectivity index (χ2n) is 0. The molecule has 4 heteroatoms. The van der Waals surface area contributed by atoms with Crippen LogP contribution in [0.4, 0.5) is 0 Å². The summed E-state index contributed by atoms with van der Waals surface area (Å²) in [6, 6.07) is 0. The maximum absolute atomic E-state index is 0. The first kappa shape index (κ1) is 40.6. The molecule has 23 valence electrons. The maximum atomic E-state index is 0. The van der Waals surface area contributed by atoms with Crippen LogP contribution in [-0.2, 0) is 16.8 Å². The molecular weight excluding hydrogens is 106 g/mol. The van der Waals surface area contributed by atoms with Gasteiger partial charge in [0.25, 0.3) is 0 Å². The standard InChI is InChI=1S/Co.Li.Mg.H2O.3H/h;;;1H2;;;. The minimum Gasteiger partial charge on any atom is 0.316 e. The Bertz CT molecular complexity index is 8.00. The Labute approximate surface area is 63.7 Å². The quantitative estimate of drug-likeness (QED) is 0.312. The molecule has 0 unspecified atom stereocenters. The van der Waals surface area contributed by atoms with Crippen LogP contribution in [0.2, 0.25) is 0 Å². The minimum atomic E-state index is 0. The fraction of sp³-hybridized carbons (Fsp3) is 0. The molecule has 0 amide bonds. The van der Waals surface area contributed by atoms with Crippen LogP contribution >= 0.6 is 0 Å². The zero-order valence-electron chi connectivity index (χ0n) is 0.833. The zero-order valence-corrected chi connectivity index (χ0v) is 1.87. The van der Waals surface area contributed by atoms with Crippen molar-refractivity contribution in [2.75, 3.05) is 0 Å². The van der Waals surface area contributed by atoms with Crippen LogP contribution in [0.1, 0.15) is 0 Å². The molecule has 4 heavy (non-hydrogen) atoms. The summed E-state index contributed by atoms with van der Waals surface area (Å²) in [4.78, 5) is 0. The molecule has 0 rings (SSSR count). The van der Waals surface area contributed by atoms with Crippen LogP contribution < -0.4 is 0 Å². The molecule has 1 radical (unpaired) electrons. The first-order valence-electron chi connectivity index (χ1n) is 0. The summed E-state index contributed by atoms with van der Waals surface area (Å²) >= 11 is 0. The van der Waals surface area contributed by atoms with Gasteiger partial charge in [0.15, 0.2) is 0 Å². The summed E-state index contributed by atoms with van der Waals surface area (Å²) in [5.74, 6) is 0. The molecule has 0 heterocycles. The van der Waals surface area contributed by atoms with Crippen LogP contribution in [0.3, 0.4) is 0 Å². The van der Waals surface area contributed by atoms with E-state index in [1.54, 1.807) is 0 Å². The second kappa shape index (κ2) is 21.2. The third-order valence-electron chi connectivity index (χ3n) is 0. The van der Waals surface area contributed by atoms with Gasteiger partial charge in [0, 0.05) is 16.8 Å². The fourth-order valence-corrected chi connectivity index (χ4v) is 0. The molecule has 0 aliphatic heterocycles. The van der Waals surface area contributed by atoms with Gasteiger partial charge in [0.05, 0.1) is 0 Å². The Kier molecular flexibility index (Phi) is 215. The van der Waals surface area contributed by atoms with Crippen LogP contribution in [-0.4, -0.2) is 47.4 Å². The Morgan fingerprint density at radius 2 is 1.00 bits per heavy atom. The monoisotopic (exact) mass is 111 g/mol. The number of rotatable bonds is 0.